The summed E-state index contributed by atoms with van der Waals surface area (Å²) >= 11 is 0. The average molecular weight is 495 g/mol. The molecule has 0 saturated carbocycles. The molecule has 0 aromatic rings. The second-order valence-corrected chi connectivity index (χ2v) is 0.250. The third kappa shape index (κ3) is 58.2. The summed E-state index contributed by atoms with van der Waals surface area (Å²) in [4.78, 5) is 8.33. The summed E-state index contributed by atoms with van der Waals surface area (Å²) in [6.07, 6.45) is -2.33. The Morgan fingerprint density at radius 2 is 1.25 bits per heavy atom. The molecule has 0 fully saturated rings. The average Bonchev–Trinajstić information content (AvgIpc) is 0.811. The number of halogens is 1. The number of hydrogen-bond acceptors (Lipinski definition) is 3. The molecule has 0 heterocycles. The standard InChI is InChI=1S/CH2O3.Ba.Ce.FH.La/c2-1(3)4;;;;/h(H2,2,3,4);;;1H;/q;+2;+3;;+3/p-3. The van der Waals surface area contributed by atoms with Crippen molar-refractivity contribution in [1.29, 1.82) is 0 Å². The van der Waals surface area contributed by atoms with Crippen LogP contribution in [0.25, 0.3) is 0 Å². The van der Waals surface area contributed by atoms with Gasteiger partial charge in [-0.3, -0.25) is 0 Å². The third-order valence-corrected chi connectivity index (χ3v) is 0. The van der Waals surface area contributed by atoms with Gasteiger partial charge in [0.05, 0.1) is 0 Å². The summed E-state index contributed by atoms with van der Waals surface area (Å²) in [5, 5.41) is 16.7. The zero-order chi connectivity index (χ0) is 3.58. The quantitative estimate of drug-likeness (QED) is 0.315. The van der Waals surface area contributed by atoms with Crippen LogP contribution in [0.4, 0.5) is 4.79 Å². The number of carbonyl (C=O) groups is 1. The summed E-state index contributed by atoms with van der Waals surface area (Å²) in [6.45, 7) is 0. The van der Waals surface area contributed by atoms with E-state index in [1.54, 1.807) is 0 Å². The van der Waals surface area contributed by atoms with Crippen LogP contribution in [-0.2, 0) is 0 Å². The molecule has 0 bridgehead atoms. The third-order valence-electron chi connectivity index (χ3n) is 0. The van der Waals surface area contributed by atoms with E-state index in [1.807, 2.05) is 0 Å². The second-order valence-electron chi connectivity index (χ2n) is 0.250. The van der Waals surface area contributed by atoms with Crippen molar-refractivity contribution in [3.8, 4) is 0 Å². The molecule has 0 aliphatic rings. The van der Waals surface area contributed by atoms with E-state index in [2.05, 4.69) is 0 Å². The van der Waals surface area contributed by atoms with E-state index in [9.17, 15) is 0 Å². The first-order valence-electron chi connectivity index (χ1n) is 0.612. The minimum atomic E-state index is -2.33. The summed E-state index contributed by atoms with van der Waals surface area (Å²) in [5.41, 5.74) is 0. The summed E-state index contributed by atoms with van der Waals surface area (Å²) in [7, 11) is 0. The Labute approximate surface area is 148 Å². The molecule has 0 unspecified atom stereocenters. The monoisotopic (exact) mass is 496 g/mol. The van der Waals surface area contributed by atoms with Gasteiger partial charge in [0.15, 0.2) is 0 Å². The van der Waals surface area contributed by atoms with Gasteiger partial charge in [-0.1, -0.05) is 0 Å². The molecule has 0 amide bonds. The smallest absolute Gasteiger partial charge is 1.00 e. The van der Waals surface area contributed by atoms with Crippen molar-refractivity contribution in [2.24, 2.45) is 0 Å². The molecule has 0 aliphatic heterocycles. The van der Waals surface area contributed by atoms with Gasteiger partial charge in [0.1, 0.15) is 0 Å². The van der Waals surface area contributed by atoms with Crippen LogP contribution in [0.2, 0.25) is 0 Å². The van der Waals surface area contributed by atoms with Crippen LogP contribution < -0.4 is 14.9 Å². The van der Waals surface area contributed by atoms with Crippen LogP contribution in [0.5, 0.6) is 0 Å². The fourth-order valence-corrected chi connectivity index (χ4v) is 0. The normalized spacial score (nSPS) is 3.00. The maximum atomic E-state index is 8.33. The van der Waals surface area contributed by atoms with E-state index in [1.165, 1.54) is 0 Å². The SMILES string of the molecule is O=C([O-])[O-].[Ba+2].[Ce+3].[F-].[La+3]. The molecular formula is CBaCeFLaO3+5. The van der Waals surface area contributed by atoms with E-state index in [4.69, 9.17) is 15.0 Å². The molecule has 33 valence electrons. The maximum absolute atomic E-state index is 8.33. The number of carboxylic acid groups (broad SMARTS) is 2. The zero-order valence-corrected chi connectivity index (χ0v) is 15.1. The van der Waals surface area contributed by atoms with Crippen molar-refractivity contribution in [1.82, 2.24) is 0 Å². The molecule has 0 rings (SSSR count). The van der Waals surface area contributed by atoms with Gasteiger partial charge in [0.2, 0.25) is 0 Å². The van der Waals surface area contributed by atoms with Crippen molar-refractivity contribution < 1.29 is 97.1 Å². The minimum Gasteiger partial charge on any atom is -1.00 e. The molecule has 0 aromatic carbocycles. The summed E-state index contributed by atoms with van der Waals surface area (Å²) in [5.74, 6) is 0. The van der Waals surface area contributed by atoms with Crippen LogP contribution in [0.15, 0.2) is 0 Å². The molecule has 8 heavy (non-hydrogen) atoms. The number of rotatable bonds is 0. The summed E-state index contributed by atoms with van der Waals surface area (Å²) < 4.78 is 0. The first kappa shape index (κ1) is 30.2. The van der Waals surface area contributed by atoms with Gasteiger partial charge in [-0.2, -0.15) is 0 Å². The molecule has 0 spiro atoms. The molecule has 0 aromatic heterocycles. The predicted molar refractivity (Wildman–Crippen MR) is 11.1 cm³/mol. The zero-order valence-electron chi connectivity index (χ0n) is 3.89. The van der Waals surface area contributed by atoms with Crippen LogP contribution in [0, 0.1) is 77.3 Å². The van der Waals surface area contributed by atoms with Gasteiger partial charge in [-0.25, -0.2) is 0 Å². The molecular weight excluding hydrogens is 495 g/mol. The van der Waals surface area contributed by atoms with Crippen molar-refractivity contribution in [2.45, 2.75) is 0 Å². The van der Waals surface area contributed by atoms with Crippen LogP contribution in [-0.4, -0.2) is 55.0 Å². The van der Waals surface area contributed by atoms with E-state index in [0.717, 1.165) is 0 Å². The Balaban J connectivity index is -0.00000000750. The first-order chi connectivity index (χ1) is 1.73. The molecule has 0 aliphatic carbocycles. The minimum absolute atomic E-state index is 0. The molecule has 0 N–H and O–H groups in total. The first-order valence-corrected chi connectivity index (χ1v) is 0.612. The van der Waals surface area contributed by atoms with E-state index in [-0.39, 0.29) is 131 Å². The predicted octanol–water partition coefficient (Wildman–Crippen LogP) is -5.82. The fourth-order valence-electron chi connectivity index (χ4n) is 0. The maximum Gasteiger partial charge on any atom is 3.00 e. The molecule has 7 heteroatoms. The van der Waals surface area contributed by atoms with E-state index < -0.39 is 6.16 Å². The Hall–Kier alpha value is 3.34. The van der Waals surface area contributed by atoms with Gasteiger partial charge in [0, 0.05) is 0 Å². The van der Waals surface area contributed by atoms with Gasteiger partial charge in [-0.15, -0.1) is 0 Å². The van der Waals surface area contributed by atoms with Crippen LogP contribution in [0.1, 0.15) is 0 Å². The number of hydrogen-bond donors (Lipinski definition) is 0. The fraction of sp³-hybridized carbons (Fsp3) is 0. The molecule has 0 saturated heterocycles. The largest absolute Gasteiger partial charge is 3.00 e. The molecule has 1 radical (unpaired) electrons. The van der Waals surface area contributed by atoms with Crippen LogP contribution in [0.3, 0.4) is 0 Å². The van der Waals surface area contributed by atoms with Crippen molar-refractivity contribution in [2.75, 3.05) is 0 Å². The van der Waals surface area contributed by atoms with Crippen molar-refractivity contribution in [3.63, 3.8) is 0 Å². The van der Waals surface area contributed by atoms with Gasteiger partial charge in [0.25, 0.3) is 0 Å². The number of carbonyl (C=O) groups excluding carboxylic acids is 1. The Bertz CT molecular complexity index is 42.3. The topological polar surface area (TPSA) is 63.2 Å². The van der Waals surface area contributed by atoms with Gasteiger partial charge >= 0.3 is 126 Å². The van der Waals surface area contributed by atoms with Crippen molar-refractivity contribution >= 4 is 55.0 Å². The Morgan fingerprint density at radius 3 is 1.25 bits per heavy atom. The Morgan fingerprint density at radius 1 is 1.25 bits per heavy atom. The molecule has 0 atom stereocenters. The van der Waals surface area contributed by atoms with Gasteiger partial charge < -0.3 is 19.7 Å². The van der Waals surface area contributed by atoms with Crippen molar-refractivity contribution in [3.05, 3.63) is 0 Å². The van der Waals surface area contributed by atoms with E-state index >= 15 is 0 Å². The van der Waals surface area contributed by atoms with Crippen LogP contribution >= 0.6 is 0 Å². The second kappa shape index (κ2) is 22.4. The Kier molecular flexibility index (Phi) is 84.6. The molecule has 3 nitrogen and oxygen atoms in total. The van der Waals surface area contributed by atoms with E-state index in [0.29, 0.717) is 0 Å². The summed E-state index contributed by atoms with van der Waals surface area (Å²) in [6, 6.07) is 0. The van der Waals surface area contributed by atoms with Gasteiger partial charge in [-0.05, 0) is 6.16 Å².